The normalized spacial score (nSPS) is 10.8. The summed E-state index contributed by atoms with van der Waals surface area (Å²) in [7, 11) is 0. The number of hydrogen-bond acceptors (Lipinski definition) is 3. The lowest BCUT2D eigenvalue weighted by Crippen LogP contribution is -2.12. The minimum absolute atomic E-state index is 0.0403. The zero-order chi connectivity index (χ0) is 19.5. The Morgan fingerprint density at radius 3 is 2.64 bits per heavy atom. The molecule has 0 spiro atoms. The lowest BCUT2D eigenvalue weighted by atomic mass is 10.2. The number of nitrogens with zero attached hydrogens (tertiary/aromatic N) is 2. The predicted octanol–water partition coefficient (Wildman–Crippen LogP) is 4.44. The maximum Gasteiger partial charge on any atom is 0.255 e. The van der Waals surface area contributed by atoms with Crippen molar-refractivity contribution in [2.75, 3.05) is 5.32 Å². The summed E-state index contributed by atoms with van der Waals surface area (Å²) < 4.78 is 34.1. The molecule has 1 amide bonds. The van der Waals surface area contributed by atoms with E-state index in [9.17, 15) is 13.6 Å². The highest BCUT2D eigenvalue weighted by Crippen LogP contribution is 2.18. The lowest BCUT2D eigenvalue weighted by molar-refractivity contribution is 0.102. The number of rotatable bonds is 5. The summed E-state index contributed by atoms with van der Waals surface area (Å²) in [6.07, 6.45) is 3.76. The van der Waals surface area contributed by atoms with Gasteiger partial charge in [0.25, 0.3) is 5.91 Å². The second-order valence-electron chi connectivity index (χ2n) is 6.13. The van der Waals surface area contributed by atoms with Gasteiger partial charge < -0.3 is 14.5 Å². The number of benzene rings is 2. The first-order chi connectivity index (χ1) is 13.6. The van der Waals surface area contributed by atoms with Gasteiger partial charge in [0, 0.05) is 29.7 Å². The molecular weight excluding hydrogens is 364 g/mol. The van der Waals surface area contributed by atoms with Crippen molar-refractivity contribution >= 4 is 17.2 Å². The van der Waals surface area contributed by atoms with Gasteiger partial charge in [-0.2, -0.15) is 0 Å². The Bertz CT molecular complexity index is 1100. The highest BCUT2D eigenvalue weighted by atomic mass is 19.1. The molecule has 28 heavy (non-hydrogen) atoms. The van der Waals surface area contributed by atoms with Crippen molar-refractivity contribution in [3.8, 4) is 5.75 Å². The number of fused-ring (bicyclic) bond motifs is 1. The first-order valence-electron chi connectivity index (χ1n) is 8.50. The maximum atomic E-state index is 13.3. The summed E-state index contributed by atoms with van der Waals surface area (Å²) in [5.41, 5.74) is 1.91. The van der Waals surface area contributed by atoms with Crippen LogP contribution < -0.4 is 10.1 Å². The number of aromatic nitrogens is 2. The summed E-state index contributed by atoms with van der Waals surface area (Å²) in [5.74, 6) is -1.54. The molecule has 7 heteroatoms. The number of hydrogen-bond donors (Lipinski definition) is 1. The minimum atomic E-state index is -0.764. The van der Waals surface area contributed by atoms with Gasteiger partial charge in [0.05, 0.1) is 5.69 Å². The fourth-order valence-corrected chi connectivity index (χ4v) is 2.77. The van der Waals surface area contributed by atoms with Crippen LogP contribution in [0.4, 0.5) is 14.5 Å². The molecule has 4 rings (SSSR count). The molecule has 0 aliphatic carbocycles. The van der Waals surface area contributed by atoms with Crippen LogP contribution in [0.1, 0.15) is 16.1 Å². The summed E-state index contributed by atoms with van der Waals surface area (Å²) in [4.78, 5) is 16.8. The molecule has 140 valence electrons. The zero-order valence-electron chi connectivity index (χ0n) is 14.6. The second-order valence-corrected chi connectivity index (χ2v) is 6.13. The van der Waals surface area contributed by atoms with E-state index in [1.807, 2.05) is 35.0 Å². The van der Waals surface area contributed by atoms with Crippen LogP contribution in [0.15, 0.2) is 73.1 Å². The van der Waals surface area contributed by atoms with E-state index in [1.54, 1.807) is 24.3 Å². The molecule has 0 atom stereocenters. The molecule has 5 nitrogen and oxygen atoms in total. The summed E-state index contributed by atoms with van der Waals surface area (Å²) in [5, 5.41) is 2.47. The van der Waals surface area contributed by atoms with Crippen molar-refractivity contribution in [2.45, 2.75) is 6.61 Å². The van der Waals surface area contributed by atoms with Gasteiger partial charge in [-0.3, -0.25) is 4.79 Å². The van der Waals surface area contributed by atoms with Crippen LogP contribution >= 0.6 is 0 Å². The largest absolute Gasteiger partial charge is 0.487 e. The van der Waals surface area contributed by atoms with E-state index in [1.165, 1.54) is 0 Å². The van der Waals surface area contributed by atoms with Crippen LogP contribution in [0.5, 0.6) is 5.75 Å². The Labute approximate surface area is 159 Å². The Balaban J connectivity index is 1.45. The van der Waals surface area contributed by atoms with E-state index >= 15 is 0 Å². The van der Waals surface area contributed by atoms with E-state index in [2.05, 4.69) is 10.3 Å². The van der Waals surface area contributed by atoms with Crippen LogP contribution in [-0.4, -0.2) is 15.3 Å². The zero-order valence-corrected chi connectivity index (χ0v) is 14.6. The monoisotopic (exact) mass is 379 g/mol. The van der Waals surface area contributed by atoms with Crippen LogP contribution in [0.3, 0.4) is 0 Å². The fourth-order valence-electron chi connectivity index (χ4n) is 2.77. The number of anilines is 1. The number of nitrogens with one attached hydrogen (secondary N) is 1. The van der Waals surface area contributed by atoms with Gasteiger partial charge in [-0.05, 0) is 42.5 Å². The van der Waals surface area contributed by atoms with E-state index in [4.69, 9.17) is 4.74 Å². The van der Waals surface area contributed by atoms with Gasteiger partial charge in [-0.25, -0.2) is 13.8 Å². The maximum absolute atomic E-state index is 13.3. The van der Waals surface area contributed by atoms with Crippen molar-refractivity contribution < 1.29 is 18.3 Å². The van der Waals surface area contributed by atoms with Crippen molar-refractivity contribution in [1.82, 2.24) is 9.38 Å². The third-order valence-corrected chi connectivity index (χ3v) is 4.02. The molecule has 0 aliphatic rings. The van der Waals surface area contributed by atoms with Gasteiger partial charge >= 0.3 is 0 Å². The minimum Gasteiger partial charge on any atom is -0.487 e. The first kappa shape index (κ1) is 17.7. The quantitative estimate of drug-likeness (QED) is 0.558. The van der Waals surface area contributed by atoms with E-state index in [-0.39, 0.29) is 12.3 Å². The summed E-state index contributed by atoms with van der Waals surface area (Å²) in [6.45, 7) is 0.238. The van der Waals surface area contributed by atoms with Crippen molar-refractivity contribution in [3.63, 3.8) is 0 Å². The molecule has 0 radical (unpaired) electrons. The number of carbonyl (C=O) groups is 1. The SMILES string of the molecule is O=C(Nc1cc(F)cc(F)c1)c1cccc(OCc2cn3ccccc3n2)c1. The number of pyridine rings is 1. The van der Waals surface area contributed by atoms with Crippen molar-refractivity contribution in [2.24, 2.45) is 0 Å². The second kappa shape index (κ2) is 7.48. The van der Waals surface area contributed by atoms with Crippen LogP contribution in [-0.2, 0) is 6.61 Å². The molecule has 2 aromatic carbocycles. The Morgan fingerprint density at radius 2 is 1.86 bits per heavy atom. The predicted molar refractivity (Wildman–Crippen MR) is 100 cm³/mol. The third-order valence-electron chi connectivity index (χ3n) is 4.02. The van der Waals surface area contributed by atoms with Crippen LogP contribution in [0, 0.1) is 11.6 Å². The van der Waals surface area contributed by atoms with Gasteiger partial charge in [0.1, 0.15) is 29.6 Å². The number of carbonyl (C=O) groups excluding carboxylic acids is 1. The van der Waals surface area contributed by atoms with Gasteiger partial charge in [0.15, 0.2) is 0 Å². The smallest absolute Gasteiger partial charge is 0.255 e. The number of imidazole rings is 1. The van der Waals surface area contributed by atoms with E-state index in [0.29, 0.717) is 11.3 Å². The third kappa shape index (κ3) is 3.98. The summed E-state index contributed by atoms with van der Waals surface area (Å²) in [6, 6.07) is 15.1. The van der Waals surface area contributed by atoms with Gasteiger partial charge in [-0.1, -0.05) is 12.1 Å². The highest BCUT2D eigenvalue weighted by molar-refractivity contribution is 6.04. The van der Waals surface area contributed by atoms with Crippen LogP contribution in [0.25, 0.3) is 5.65 Å². The Hall–Kier alpha value is -3.74. The average Bonchev–Trinajstić information content (AvgIpc) is 3.09. The van der Waals surface area contributed by atoms with Crippen molar-refractivity contribution in [1.29, 1.82) is 0 Å². The standard InChI is InChI=1S/C21H15F2N3O2/c22-15-9-16(23)11-17(10-15)25-21(27)14-4-3-5-19(8-14)28-13-18-12-26-7-2-1-6-20(26)24-18/h1-12H,13H2,(H,25,27). The lowest BCUT2D eigenvalue weighted by Gasteiger charge is -2.08. The number of amides is 1. The summed E-state index contributed by atoms with van der Waals surface area (Å²) >= 11 is 0. The molecule has 0 aliphatic heterocycles. The molecule has 1 N–H and O–H groups in total. The van der Waals surface area contributed by atoms with Crippen LogP contribution in [0.2, 0.25) is 0 Å². The first-order valence-corrected chi connectivity index (χ1v) is 8.50. The number of halogens is 2. The van der Waals surface area contributed by atoms with Gasteiger partial charge in [-0.15, -0.1) is 0 Å². The molecule has 0 saturated heterocycles. The molecule has 4 aromatic rings. The number of ether oxygens (including phenoxy) is 1. The average molecular weight is 379 g/mol. The van der Waals surface area contributed by atoms with E-state index < -0.39 is 17.5 Å². The van der Waals surface area contributed by atoms with Crippen molar-refractivity contribution in [3.05, 3.63) is 95.9 Å². The molecule has 2 aromatic heterocycles. The Kier molecular flexibility index (Phi) is 4.72. The van der Waals surface area contributed by atoms with Gasteiger partial charge in [0.2, 0.25) is 0 Å². The Morgan fingerprint density at radius 1 is 1.04 bits per heavy atom. The topological polar surface area (TPSA) is 55.6 Å². The molecule has 0 unspecified atom stereocenters. The molecular formula is C21H15F2N3O2. The fraction of sp³-hybridized carbons (Fsp3) is 0.0476. The molecule has 0 bridgehead atoms. The molecule has 0 fully saturated rings. The molecule has 0 saturated carbocycles. The van der Waals surface area contributed by atoms with E-state index in [0.717, 1.165) is 29.5 Å². The highest BCUT2D eigenvalue weighted by Gasteiger charge is 2.10. The molecule has 2 heterocycles.